The first-order valence-corrected chi connectivity index (χ1v) is 14.0. The molecule has 0 amide bonds. The summed E-state index contributed by atoms with van der Waals surface area (Å²) in [5, 5.41) is 75.0. The third-order valence-electron chi connectivity index (χ3n) is 6.39. The number of nitrogens with zero attached hydrogens (tertiary/aromatic N) is 3. The van der Waals surface area contributed by atoms with Crippen molar-refractivity contribution in [1.82, 2.24) is 15.0 Å². The number of hydrogen-bond acceptors (Lipinski definition) is 18. The molecule has 18 nitrogen and oxygen atoms in total. The Balaban J connectivity index is -0.00000486. The molecule has 0 fully saturated rings. The van der Waals surface area contributed by atoms with Crippen LogP contribution in [0.3, 0.4) is 0 Å². The molecule has 0 atom stereocenters. The summed E-state index contributed by atoms with van der Waals surface area (Å²) in [6.07, 6.45) is 2.54. The predicted molar refractivity (Wildman–Crippen MR) is 163 cm³/mol. The Bertz CT molecular complexity index is 1850. The molecular formula is C33H18N6Na6O12. The first kappa shape index (κ1) is 59.4. The fourth-order valence-corrected chi connectivity index (χ4v) is 4.02. The van der Waals surface area contributed by atoms with Gasteiger partial charge in [-0.1, -0.05) is 36.4 Å². The standard InChI is InChI=1S/C33H24N6O12.6Na/c40-25(41)22(26(42)43)13-16-1-7-19(8-2-16)34-31-37-32(35-20-9-3-17(4-10-20)14-23(27(44)45)28(46)47)39-33(38-31)36-21-11-5-18(6-12-21)15-24(29(48)49)30(50)51;;;;;;/h1-15H,(H,40,41)(H,42,43)(H,44,45)(H,46,47)(H,48,49)(H,50,51)(H3,34,35,36,37,38,39);;;;;;/q;6*+1/p-6. The number of anilines is 6. The van der Waals surface area contributed by atoms with Crippen molar-refractivity contribution >= 4 is 89.0 Å². The largest absolute Gasteiger partial charge is 1.00 e. The van der Waals surface area contributed by atoms with Gasteiger partial charge in [-0.15, -0.1) is 0 Å². The van der Waals surface area contributed by atoms with E-state index in [1.54, 1.807) is 0 Å². The zero-order valence-electron chi connectivity index (χ0n) is 31.4. The summed E-state index contributed by atoms with van der Waals surface area (Å²) in [4.78, 5) is 79.2. The fraction of sp³-hybridized carbons (Fsp3) is 0. The summed E-state index contributed by atoms with van der Waals surface area (Å²) in [6.45, 7) is 0. The quantitative estimate of drug-likeness (QED) is 0.0434. The second kappa shape index (κ2) is 28.6. The van der Waals surface area contributed by atoms with Crippen LogP contribution in [0, 0.1) is 0 Å². The summed E-state index contributed by atoms with van der Waals surface area (Å²) < 4.78 is 0. The normalized spacial score (nSPS) is 9.05. The third-order valence-corrected chi connectivity index (χ3v) is 6.39. The molecule has 0 saturated carbocycles. The first-order chi connectivity index (χ1) is 24.2. The maximum Gasteiger partial charge on any atom is 1.00 e. The Morgan fingerprint density at radius 3 is 0.684 bits per heavy atom. The maximum atomic E-state index is 11.0. The molecule has 0 saturated heterocycles. The number of rotatable bonds is 15. The molecule has 0 radical (unpaired) electrons. The van der Waals surface area contributed by atoms with Crippen LogP contribution in [0.4, 0.5) is 34.9 Å². The van der Waals surface area contributed by atoms with E-state index in [9.17, 15) is 59.4 Å². The van der Waals surface area contributed by atoms with E-state index in [2.05, 4.69) is 30.9 Å². The topological polar surface area (TPSA) is 316 Å². The van der Waals surface area contributed by atoms with E-state index in [-0.39, 0.29) is 212 Å². The average molecular weight is 828 g/mol. The van der Waals surface area contributed by atoms with E-state index in [4.69, 9.17) is 0 Å². The van der Waals surface area contributed by atoms with Gasteiger partial charge in [0.15, 0.2) is 0 Å². The minimum atomic E-state index is -1.93. The van der Waals surface area contributed by atoms with E-state index >= 15 is 0 Å². The van der Waals surface area contributed by atoms with Gasteiger partial charge in [0, 0.05) is 33.8 Å². The number of aromatic nitrogens is 3. The second-order valence-corrected chi connectivity index (χ2v) is 9.95. The number of carbonyl (C=O) groups excluding carboxylic acids is 6. The zero-order valence-corrected chi connectivity index (χ0v) is 43.4. The number of carboxylic acid groups (broad SMARTS) is 6. The smallest absolute Gasteiger partial charge is 0.545 e. The van der Waals surface area contributed by atoms with Gasteiger partial charge >= 0.3 is 177 Å². The Kier molecular flexibility index (Phi) is 29.8. The van der Waals surface area contributed by atoms with Gasteiger partial charge in [0.2, 0.25) is 17.8 Å². The van der Waals surface area contributed by atoms with Gasteiger partial charge in [0.1, 0.15) is 0 Å². The average Bonchev–Trinajstić information content (AvgIpc) is 3.06. The molecule has 24 heteroatoms. The van der Waals surface area contributed by atoms with E-state index in [0.29, 0.717) is 17.1 Å². The van der Waals surface area contributed by atoms with E-state index in [1.165, 1.54) is 72.8 Å². The Morgan fingerprint density at radius 1 is 0.351 bits per heavy atom. The molecule has 3 aromatic carbocycles. The van der Waals surface area contributed by atoms with Crippen molar-refractivity contribution in [3.05, 3.63) is 106 Å². The van der Waals surface area contributed by atoms with Crippen LogP contribution in [0.25, 0.3) is 18.2 Å². The number of benzene rings is 3. The summed E-state index contributed by atoms with van der Waals surface area (Å²) in [5.41, 5.74) is -1.54. The van der Waals surface area contributed by atoms with Crippen molar-refractivity contribution in [2.45, 2.75) is 0 Å². The van der Waals surface area contributed by atoms with E-state index in [0.717, 1.165) is 18.2 Å². The summed E-state index contributed by atoms with van der Waals surface area (Å²) in [7, 11) is 0. The molecule has 4 rings (SSSR count). The van der Waals surface area contributed by atoms with Crippen LogP contribution in [0.2, 0.25) is 0 Å². The van der Waals surface area contributed by atoms with Gasteiger partial charge in [-0.3, -0.25) is 0 Å². The van der Waals surface area contributed by atoms with Crippen molar-refractivity contribution in [1.29, 1.82) is 0 Å². The van der Waals surface area contributed by atoms with Crippen LogP contribution >= 0.6 is 0 Å². The van der Waals surface area contributed by atoms with Crippen LogP contribution in [0.1, 0.15) is 16.7 Å². The first-order valence-electron chi connectivity index (χ1n) is 14.0. The minimum Gasteiger partial charge on any atom is -0.545 e. The Labute approximate surface area is 455 Å². The monoisotopic (exact) mass is 828 g/mol. The number of aliphatic carboxylic acids is 6. The number of nitrogens with one attached hydrogen (secondary N) is 3. The molecule has 0 unspecified atom stereocenters. The van der Waals surface area contributed by atoms with Gasteiger partial charge in [0.25, 0.3) is 0 Å². The molecule has 0 aliphatic carbocycles. The number of hydrogen-bond donors (Lipinski definition) is 3. The van der Waals surface area contributed by atoms with Gasteiger partial charge in [0.05, 0.1) is 35.8 Å². The molecule has 0 aliphatic rings. The van der Waals surface area contributed by atoms with Crippen LogP contribution in [0.5, 0.6) is 0 Å². The molecule has 0 bridgehead atoms. The molecule has 4 aromatic rings. The Hall–Kier alpha value is -1.89. The molecule has 258 valence electrons. The van der Waals surface area contributed by atoms with Crippen molar-refractivity contribution in [2.75, 3.05) is 16.0 Å². The van der Waals surface area contributed by atoms with E-state index in [1.807, 2.05) is 0 Å². The van der Waals surface area contributed by atoms with Gasteiger partial charge < -0.3 is 75.4 Å². The van der Waals surface area contributed by atoms with Crippen molar-refractivity contribution in [3.8, 4) is 0 Å². The second-order valence-electron chi connectivity index (χ2n) is 9.95. The molecule has 57 heavy (non-hydrogen) atoms. The van der Waals surface area contributed by atoms with Crippen molar-refractivity contribution in [2.24, 2.45) is 0 Å². The summed E-state index contributed by atoms with van der Waals surface area (Å²) in [5.74, 6) is -11.7. The van der Waals surface area contributed by atoms with Crippen LogP contribution in [-0.4, -0.2) is 50.8 Å². The SMILES string of the molecule is O=C([O-])C(=Cc1ccc(Nc2nc(Nc3ccc(C=C(C(=O)[O-])C(=O)[O-])cc3)nc(Nc3ccc(C=C(C(=O)[O-])C(=O)[O-])cc3)n2)cc1)C(=O)[O-].[Na+].[Na+].[Na+].[Na+].[Na+].[Na+]. The predicted octanol–water partition coefficient (Wildman–Crippen LogP) is -22.2. The van der Waals surface area contributed by atoms with Crippen LogP contribution in [0.15, 0.2) is 89.5 Å². The molecule has 1 aromatic heterocycles. The molecular weight excluding hydrogens is 810 g/mol. The van der Waals surface area contributed by atoms with Crippen LogP contribution < -0.4 is 224 Å². The van der Waals surface area contributed by atoms with Gasteiger partial charge in [-0.25, -0.2) is 0 Å². The molecule has 0 aliphatic heterocycles. The summed E-state index contributed by atoms with van der Waals surface area (Å²) in [6, 6.07) is 17.1. The Morgan fingerprint density at radius 2 is 0.526 bits per heavy atom. The van der Waals surface area contributed by atoms with Crippen molar-refractivity contribution < 1.29 is 237 Å². The van der Waals surface area contributed by atoms with Crippen LogP contribution in [-0.2, 0) is 28.8 Å². The molecule has 0 spiro atoms. The van der Waals surface area contributed by atoms with Crippen molar-refractivity contribution in [3.63, 3.8) is 0 Å². The minimum absolute atomic E-state index is 0. The summed E-state index contributed by atoms with van der Waals surface area (Å²) >= 11 is 0. The van der Waals surface area contributed by atoms with Gasteiger partial charge in [-0.2, -0.15) is 15.0 Å². The zero-order chi connectivity index (χ0) is 37.2. The third kappa shape index (κ3) is 18.9. The molecule has 1 heterocycles. The molecule has 3 N–H and O–H groups in total. The fourth-order valence-electron chi connectivity index (χ4n) is 4.02. The van der Waals surface area contributed by atoms with Gasteiger partial charge in [-0.05, 0) is 71.3 Å². The van der Waals surface area contributed by atoms with E-state index < -0.39 is 52.5 Å². The number of carbonyl (C=O) groups is 6. The maximum absolute atomic E-state index is 11.0. The number of carboxylic acids is 6.